The molecular weight excluding hydrogens is 464 g/mol. The van der Waals surface area contributed by atoms with E-state index in [1.54, 1.807) is 13.2 Å². The summed E-state index contributed by atoms with van der Waals surface area (Å²) in [5, 5.41) is 9.98. The topological polar surface area (TPSA) is 101 Å². The van der Waals surface area contributed by atoms with Crippen LogP contribution in [0.25, 0.3) is 11.3 Å². The van der Waals surface area contributed by atoms with Crippen LogP contribution in [0.5, 0.6) is 0 Å². The number of nitrogens with zero attached hydrogens (tertiary/aromatic N) is 3. The first-order chi connectivity index (χ1) is 17.8. The SMILES string of the molecule is C/N=C\c1cc(-c2ccnc(Nc3ccc(C(=O)NC4CCOCC4)cc3C)n2)cc2c1NCC2(C)C. The molecule has 0 bridgehead atoms. The second-order valence-electron chi connectivity index (χ2n) is 10.4. The van der Waals surface area contributed by atoms with E-state index in [1.165, 1.54) is 5.56 Å². The molecular formula is C29H34N6O2. The average molecular weight is 499 g/mol. The van der Waals surface area contributed by atoms with Crippen molar-refractivity contribution in [2.24, 2.45) is 4.99 Å². The van der Waals surface area contributed by atoms with Crippen LogP contribution in [0.15, 0.2) is 47.6 Å². The molecule has 2 aliphatic rings. The van der Waals surface area contributed by atoms with Gasteiger partial charge in [0.1, 0.15) is 0 Å². The van der Waals surface area contributed by atoms with E-state index in [0.29, 0.717) is 24.7 Å². The van der Waals surface area contributed by atoms with Crippen molar-refractivity contribution in [3.63, 3.8) is 0 Å². The number of amides is 1. The monoisotopic (exact) mass is 498 g/mol. The second kappa shape index (κ2) is 10.3. The molecule has 1 aromatic heterocycles. The van der Waals surface area contributed by atoms with Crippen LogP contribution in [0.1, 0.15) is 53.7 Å². The number of carbonyl (C=O) groups is 1. The Morgan fingerprint density at radius 2 is 2.00 bits per heavy atom. The molecule has 3 heterocycles. The fraction of sp³-hybridized carbons (Fsp3) is 0.379. The van der Waals surface area contributed by atoms with Crippen molar-refractivity contribution < 1.29 is 9.53 Å². The lowest BCUT2D eigenvalue weighted by atomic mass is 9.84. The van der Waals surface area contributed by atoms with E-state index in [1.807, 2.05) is 37.4 Å². The minimum atomic E-state index is -0.0553. The maximum absolute atomic E-state index is 12.7. The molecule has 3 N–H and O–H groups in total. The lowest BCUT2D eigenvalue weighted by Crippen LogP contribution is -2.38. The van der Waals surface area contributed by atoms with Crippen LogP contribution >= 0.6 is 0 Å². The summed E-state index contributed by atoms with van der Waals surface area (Å²) in [5.41, 5.74) is 7.78. The highest BCUT2D eigenvalue weighted by Crippen LogP contribution is 2.40. The molecule has 3 aromatic rings. The summed E-state index contributed by atoms with van der Waals surface area (Å²) >= 11 is 0. The predicted octanol–water partition coefficient (Wildman–Crippen LogP) is 4.86. The number of fused-ring (bicyclic) bond motifs is 1. The first kappa shape index (κ1) is 24.9. The molecule has 2 aliphatic heterocycles. The van der Waals surface area contributed by atoms with Gasteiger partial charge < -0.3 is 20.7 Å². The maximum Gasteiger partial charge on any atom is 0.251 e. The molecule has 0 unspecified atom stereocenters. The highest BCUT2D eigenvalue weighted by atomic mass is 16.5. The number of rotatable bonds is 6. The fourth-order valence-corrected chi connectivity index (χ4v) is 4.94. The van der Waals surface area contributed by atoms with Gasteiger partial charge in [0, 0.05) is 78.7 Å². The number of benzene rings is 2. The summed E-state index contributed by atoms with van der Waals surface area (Å²) in [6, 6.07) is 12.1. The van der Waals surface area contributed by atoms with Gasteiger partial charge in [0.15, 0.2) is 0 Å². The molecule has 192 valence electrons. The van der Waals surface area contributed by atoms with Gasteiger partial charge in [0.25, 0.3) is 5.91 Å². The van der Waals surface area contributed by atoms with E-state index >= 15 is 0 Å². The Morgan fingerprint density at radius 3 is 2.76 bits per heavy atom. The molecule has 0 spiro atoms. The minimum absolute atomic E-state index is 0.0195. The van der Waals surface area contributed by atoms with Crippen molar-refractivity contribution in [1.82, 2.24) is 15.3 Å². The number of nitrogens with one attached hydrogen (secondary N) is 3. The summed E-state index contributed by atoms with van der Waals surface area (Å²) in [7, 11) is 1.79. The molecule has 0 radical (unpaired) electrons. The Bertz CT molecular complexity index is 1340. The van der Waals surface area contributed by atoms with Gasteiger partial charge in [-0.3, -0.25) is 9.79 Å². The quantitative estimate of drug-likeness (QED) is 0.420. The molecule has 0 aliphatic carbocycles. The zero-order valence-corrected chi connectivity index (χ0v) is 21.9. The van der Waals surface area contributed by atoms with Crippen LogP contribution in [0, 0.1) is 6.92 Å². The third-order valence-corrected chi connectivity index (χ3v) is 7.12. The summed E-state index contributed by atoms with van der Waals surface area (Å²) in [6.07, 6.45) is 5.35. The molecule has 0 atom stereocenters. The van der Waals surface area contributed by atoms with Gasteiger partial charge in [-0.15, -0.1) is 0 Å². The van der Waals surface area contributed by atoms with Crippen molar-refractivity contribution in [1.29, 1.82) is 0 Å². The van der Waals surface area contributed by atoms with Gasteiger partial charge in [-0.25, -0.2) is 9.97 Å². The molecule has 8 nitrogen and oxygen atoms in total. The van der Waals surface area contributed by atoms with Crippen molar-refractivity contribution >= 4 is 29.4 Å². The molecule has 0 saturated carbocycles. The first-order valence-corrected chi connectivity index (χ1v) is 12.8. The number of anilines is 3. The Balaban J connectivity index is 1.37. The smallest absolute Gasteiger partial charge is 0.251 e. The van der Waals surface area contributed by atoms with Gasteiger partial charge in [0.2, 0.25) is 5.95 Å². The van der Waals surface area contributed by atoms with Crippen LogP contribution < -0.4 is 16.0 Å². The number of ether oxygens (including phenoxy) is 1. The predicted molar refractivity (Wildman–Crippen MR) is 148 cm³/mol. The Hall–Kier alpha value is -3.78. The Morgan fingerprint density at radius 1 is 1.19 bits per heavy atom. The van der Waals surface area contributed by atoms with Crippen molar-refractivity contribution in [2.45, 2.75) is 45.1 Å². The maximum atomic E-state index is 12.7. The third-order valence-electron chi connectivity index (χ3n) is 7.12. The Kier molecular flexibility index (Phi) is 6.93. The van der Waals surface area contributed by atoms with Gasteiger partial charge in [0.05, 0.1) is 5.69 Å². The number of aryl methyl sites for hydroxylation is 1. The lowest BCUT2D eigenvalue weighted by Gasteiger charge is -2.23. The number of carbonyl (C=O) groups excluding carboxylic acids is 1. The largest absolute Gasteiger partial charge is 0.383 e. The molecule has 37 heavy (non-hydrogen) atoms. The van der Waals surface area contributed by atoms with Gasteiger partial charge >= 0.3 is 0 Å². The second-order valence-corrected chi connectivity index (χ2v) is 10.4. The number of aromatic nitrogens is 2. The number of aliphatic imine (C=N–C) groups is 1. The average Bonchev–Trinajstić information content (AvgIpc) is 3.20. The van der Waals surface area contributed by atoms with Crippen LogP contribution in [-0.2, 0) is 10.2 Å². The Labute approximate surface area is 218 Å². The normalized spacial score (nSPS) is 16.9. The zero-order chi connectivity index (χ0) is 26.0. The molecule has 5 rings (SSSR count). The lowest BCUT2D eigenvalue weighted by molar-refractivity contribution is 0.0696. The van der Waals surface area contributed by atoms with E-state index in [9.17, 15) is 4.79 Å². The molecule has 1 fully saturated rings. The highest BCUT2D eigenvalue weighted by molar-refractivity contribution is 5.95. The fourth-order valence-electron chi connectivity index (χ4n) is 4.94. The zero-order valence-electron chi connectivity index (χ0n) is 21.9. The van der Waals surface area contributed by atoms with Crippen molar-refractivity contribution in [3.05, 3.63) is 64.8 Å². The molecule has 1 saturated heterocycles. The summed E-state index contributed by atoms with van der Waals surface area (Å²) < 4.78 is 5.38. The number of hydrogen-bond acceptors (Lipinski definition) is 7. The third kappa shape index (κ3) is 5.34. The van der Waals surface area contributed by atoms with Gasteiger partial charge in [-0.1, -0.05) is 13.8 Å². The van der Waals surface area contributed by atoms with Crippen molar-refractivity contribution in [3.8, 4) is 11.3 Å². The van der Waals surface area contributed by atoms with E-state index in [2.05, 4.69) is 51.9 Å². The highest BCUT2D eigenvalue weighted by Gasteiger charge is 2.31. The summed E-state index contributed by atoms with van der Waals surface area (Å²) in [5.74, 6) is 0.448. The molecule has 2 aromatic carbocycles. The standard InChI is InChI=1S/C29H34N6O2/c1-18-13-19(27(36)33-22-8-11-37-12-9-22)5-6-24(18)34-28-31-10-7-25(35-28)20-14-21(16-30-4)26-23(15-20)29(2,3)17-32-26/h5-7,10,13-16,22,32H,8-9,11-12,17H2,1-4H3,(H,33,36)(H,31,34,35)/b30-16-. The molecule has 8 heteroatoms. The summed E-state index contributed by atoms with van der Waals surface area (Å²) in [6.45, 7) is 8.73. The van der Waals surface area contributed by atoms with Crippen LogP contribution in [0.3, 0.4) is 0 Å². The van der Waals surface area contributed by atoms with Crippen molar-refractivity contribution in [2.75, 3.05) is 37.4 Å². The van der Waals surface area contributed by atoms with Crippen LogP contribution in [0.2, 0.25) is 0 Å². The van der Waals surface area contributed by atoms with Crippen LogP contribution in [0.4, 0.5) is 17.3 Å². The van der Waals surface area contributed by atoms with E-state index in [4.69, 9.17) is 9.72 Å². The summed E-state index contributed by atoms with van der Waals surface area (Å²) in [4.78, 5) is 26.2. The van der Waals surface area contributed by atoms with E-state index in [0.717, 1.165) is 53.1 Å². The molecule has 1 amide bonds. The van der Waals surface area contributed by atoms with Gasteiger partial charge in [-0.05, 0) is 67.3 Å². The first-order valence-electron chi connectivity index (χ1n) is 12.8. The van der Waals surface area contributed by atoms with Gasteiger partial charge in [-0.2, -0.15) is 0 Å². The van der Waals surface area contributed by atoms with Crippen LogP contribution in [-0.4, -0.2) is 54.9 Å². The van der Waals surface area contributed by atoms with E-state index < -0.39 is 0 Å². The minimum Gasteiger partial charge on any atom is -0.383 e. The number of hydrogen-bond donors (Lipinski definition) is 3. The van der Waals surface area contributed by atoms with E-state index in [-0.39, 0.29) is 17.4 Å².